The molecule has 0 heterocycles. The summed E-state index contributed by atoms with van der Waals surface area (Å²) in [6.07, 6.45) is 0. The van der Waals surface area contributed by atoms with Gasteiger partial charge < -0.3 is 10.1 Å². The van der Waals surface area contributed by atoms with Crippen molar-refractivity contribution in [2.75, 3.05) is 13.0 Å². The van der Waals surface area contributed by atoms with Gasteiger partial charge in [-0.05, 0) is 24.6 Å². The molecule has 0 spiro atoms. The predicted molar refractivity (Wildman–Crippen MR) is 85.1 cm³/mol. The molecule has 3 nitrogen and oxygen atoms in total. The van der Waals surface area contributed by atoms with Crippen LogP contribution in [0.4, 0.5) is 0 Å². The monoisotopic (exact) mass is 303 g/mol. The maximum Gasteiger partial charge on any atom is 0.255 e. The smallest absolute Gasteiger partial charge is 0.255 e. The Morgan fingerprint density at radius 1 is 1.24 bits per heavy atom. The van der Waals surface area contributed by atoms with Gasteiger partial charge in [-0.25, -0.2) is 0 Å². The number of hydrogen-bond donors (Lipinski definition) is 1. The molecule has 0 fully saturated rings. The molecule has 0 saturated heterocycles. The predicted octanol–water partition coefficient (Wildman–Crippen LogP) is 3.71. The van der Waals surface area contributed by atoms with E-state index in [0.29, 0.717) is 17.2 Å². The second kappa shape index (κ2) is 7.14. The van der Waals surface area contributed by atoms with Crippen LogP contribution in [-0.4, -0.2) is 18.9 Å². The number of carbonyl (C=O) groups excluding carboxylic acids is 1. The summed E-state index contributed by atoms with van der Waals surface area (Å²) in [7, 11) is 1.55. The molecule has 0 aliphatic rings. The average molecular weight is 304 g/mol. The Labute approximate surface area is 129 Å². The van der Waals surface area contributed by atoms with Crippen LogP contribution < -0.4 is 10.1 Å². The molecule has 0 aliphatic carbocycles. The summed E-state index contributed by atoms with van der Waals surface area (Å²) in [5.74, 6) is 0.675. The topological polar surface area (TPSA) is 38.3 Å². The van der Waals surface area contributed by atoms with Gasteiger partial charge in [0.05, 0.1) is 18.7 Å². The number of alkyl halides is 1. The number of rotatable bonds is 5. The summed E-state index contributed by atoms with van der Waals surface area (Å²) in [5, 5.41) is 2.95. The highest BCUT2D eigenvalue weighted by Crippen LogP contribution is 2.21. The van der Waals surface area contributed by atoms with E-state index >= 15 is 0 Å². The largest absolute Gasteiger partial charge is 0.496 e. The Morgan fingerprint density at radius 2 is 1.95 bits per heavy atom. The molecule has 2 aromatic carbocycles. The van der Waals surface area contributed by atoms with Crippen LogP contribution in [0.15, 0.2) is 48.5 Å². The third-order valence-corrected chi connectivity index (χ3v) is 3.57. The number of ether oxygens (including phenoxy) is 1. The molecule has 0 aromatic heterocycles. The first-order chi connectivity index (χ1) is 10.2. The maximum absolute atomic E-state index is 12.5. The van der Waals surface area contributed by atoms with E-state index in [9.17, 15) is 4.79 Å². The van der Waals surface area contributed by atoms with Crippen LogP contribution in [-0.2, 0) is 0 Å². The Balaban J connectivity index is 2.22. The van der Waals surface area contributed by atoms with Crippen molar-refractivity contribution < 1.29 is 9.53 Å². The van der Waals surface area contributed by atoms with Crippen molar-refractivity contribution in [2.45, 2.75) is 13.0 Å². The van der Waals surface area contributed by atoms with Crippen molar-refractivity contribution >= 4 is 17.5 Å². The highest BCUT2D eigenvalue weighted by Gasteiger charge is 2.17. The van der Waals surface area contributed by atoms with E-state index in [2.05, 4.69) is 5.32 Å². The van der Waals surface area contributed by atoms with Crippen LogP contribution in [0, 0.1) is 6.92 Å². The van der Waals surface area contributed by atoms with Crippen LogP contribution in [0.1, 0.15) is 27.5 Å². The zero-order chi connectivity index (χ0) is 15.2. The Kier molecular flexibility index (Phi) is 5.23. The van der Waals surface area contributed by atoms with E-state index in [1.807, 2.05) is 49.4 Å². The molecule has 1 atom stereocenters. The number of nitrogens with one attached hydrogen (secondary N) is 1. The molecule has 21 heavy (non-hydrogen) atoms. The van der Waals surface area contributed by atoms with Gasteiger partial charge in [-0.1, -0.05) is 42.0 Å². The summed E-state index contributed by atoms with van der Waals surface area (Å²) in [5.41, 5.74) is 2.50. The molecule has 0 bridgehead atoms. The van der Waals surface area contributed by atoms with E-state index in [1.54, 1.807) is 13.2 Å². The second-order valence-corrected chi connectivity index (χ2v) is 5.10. The summed E-state index contributed by atoms with van der Waals surface area (Å²) in [6.45, 7) is 1.94. The van der Waals surface area contributed by atoms with Crippen molar-refractivity contribution in [3.63, 3.8) is 0 Å². The molecular formula is C17H18ClNO2. The fourth-order valence-corrected chi connectivity index (χ4v) is 2.39. The first kappa shape index (κ1) is 15.4. The first-order valence-electron chi connectivity index (χ1n) is 6.72. The van der Waals surface area contributed by atoms with Gasteiger partial charge in [0.2, 0.25) is 0 Å². The summed E-state index contributed by atoms with van der Waals surface area (Å²) in [4.78, 5) is 12.5. The van der Waals surface area contributed by atoms with Crippen molar-refractivity contribution in [3.8, 4) is 5.75 Å². The lowest BCUT2D eigenvalue weighted by molar-refractivity contribution is 0.0937. The third kappa shape index (κ3) is 3.76. The van der Waals surface area contributed by atoms with Gasteiger partial charge in [-0.15, -0.1) is 11.6 Å². The molecule has 110 valence electrons. The molecule has 1 N–H and O–H groups in total. The molecule has 2 rings (SSSR count). The number of hydrogen-bond acceptors (Lipinski definition) is 2. The number of aryl methyl sites for hydroxylation is 1. The van der Waals surface area contributed by atoms with E-state index in [4.69, 9.17) is 16.3 Å². The Hall–Kier alpha value is -2.00. The molecule has 0 radical (unpaired) electrons. The van der Waals surface area contributed by atoms with Gasteiger partial charge in [0, 0.05) is 5.88 Å². The molecule has 0 saturated carbocycles. The van der Waals surface area contributed by atoms with Crippen LogP contribution in [0.25, 0.3) is 0 Å². The Bertz CT molecular complexity index is 613. The van der Waals surface area contributed by atoms with Crippen LogP contribution in [0.3, 0.4) is 0 Å². The minimum Gasteiger partial charge on any atom is -0.496 e. The molecule has 1 amide bonds. The van der Waals surface area contributed by atoms with Crippen LogP contribution in [0.5, 0.6) is 5.75 Å². The van der Waals surface area contributed by atoms with Crippen molar-refractivity contribution in [3.05, 3.63) is 65.2 Å². The van der Waals surface area contributed by atoms with Gasteiger partial charge in [-0.3, -0.25) is 4.79 Å². The molecule has 4 heteroatoms. The molecule has 0 aliphatic heterocycles. The lowest BCUT2D eigenvalue weighted by atomic mass is 10.1. The lowest BCUT2D eigenvalue weighted by Crippen LogP contribution is -2.30. The molecular weight excluding hydrogens is 286 g/mol. The van der Waals surface area contributed by atoms with Gasteiger partial charge >= 0.3 is 0 Å². The fraction of sp³-hybridized carbons (Fsp3) is 0.235. The minimum atomic E-state index is -0.231. The summed E-state index contributed by atoms with van der Waals surface area (Å²) in [6, 6.07) is 15.0. The van der Waals surface area contributed by atoms with Crippen molar-refractivity contribution in [1.29, 1.82) is 0 Å². The highest BCUT2D eigenvalue weighted by atomic mass is 35.5. The zero-order valence-corrected chi connectivity index (χ0v) is 12.9. The molecule has 1 unspecified atom stereocenters. The highest BCUT2D eigenvalue weighted by molar-refractivity contribution is 6.18. The van der Waals surface area contributed by atoms with Crippen molar-refractivity contribution in [2.24, 2.45) is 0 Å². The second-order valence-electron chi connectivity index (χ2n) is 4.79. The quantitative estimate of drug-likeness (QED) is 0.855. The summed E-state index contributed by atoms with van der Waals surface area (Å²) >= 11 is 5.99. The van der Waals surface area contributed by atoms with Crippen LogP contribution in [0.2, 0.25) is 0 Å². The molecule has 2 aromatic rings. The lowest BCUT2D eigenvalue weighted by Gasteiger charge is -2.17. The van der Waals surface area contributed by atoms with E-state index in [0.717, 1.165) is 11.1 Å². The van der Waals surface area contributed by atoms with E-state index in [1.165, 1.54) is 0 Å². The Morgan fingerprint density at radius 3 is 2.57 bits per heavy atom. The van der Waals surface area contributed by atoms with Crippen molar-refractivity contribution in [1.82, 2.24) is 5.32 Å². The van der Waals surface area contributed by atoms with Gasteiger partial charge in [0.15, 0.2) is 0 Å². The maximum atomic E-state index is 12.5. The van der Waals surface area contributed by atoms with Gasteiger partial charge in [-0.2, -0.15) is 0 Å². The number of amides is 1. The van der Waals surface area contributed by atoms with Gasteiger partial charge in [0.25, 0.3) is 5.91 Å². The normalized spacial score (nSPS) is 11.8. The zero-order valence-electron chi connectivity index (χ0n) is 12.1. The number of halogens is 1. The minimum absolute atomic E-state index is 0.190. The first-order valence-corrected chi connectivity index (χ1v) is 7.25. The van der Waals surface area contributed by atoms with Crippen LogP contribution >= 0.6 is 11.6 Å². The third-order valence-electron chi connectivity index (χ3n) is 3.26. The standard InChI is InChI=1S/C17H18ClNO2/c1-12-8-9-16(21-2)14(10-12)17(20)19-15(11-18)13-6-4-3-5-7-13/h3-10,15H,11H2,1-2H3,(H,19,20). The number of benzene rings is 2. The fourth-order valence-electron chi connectivity index (χ4n) is 2.13. The van der Waals surface area contributed by atoms with Gasteiger partial charge in [0.1, 0.15) is 5.75 Å². The van der Waals surface area contributed by atoms with E-state index < -0.39 is 0 Å². The SMILES string of the molecule is COc1ccc(C)cc1C(=O)NC(CCl)c1ccccc1. The number of methoxy groups -OCH3 is 1. The summed E-state index contributed by atoms with van der Waals surface area (Å²) < 4.78 is 5.25. The number of carbonyl (C=O) groups is 1. The van der Waals surface area contributed by atoms with E-state index in [-0.39, 0.29) is 11.9 Å². The average Bonchev–Trinajstić information content (AvgIpc) is 2.53.